The molecule has 4 N–H and O–H groups in total. The van der Waals surface area contributed by atoms with Crippen LogP contribution in [-0.2, 0) is 11.2 Å². The number of hydrogen-bond acceptors (Lipinski definition) is 8. The van der Waals surface area contributed by atoms with Gasteiger partial charge in [0.2, 0.25) is 11.9 Å². The van der Waals surface area contributed by atoms with Crippen LogP contribution in [0.2, 0.25) is 0 Å². The first-order valence-electron chi connectivity index (χ1n) is 18.1. The zero-order chi connectivity index (χ0) is 37.7. The predicted molar refractivity (Wildman–Crippen MR) is 212 cm³/mol. The lowest BCUT2D eigenvalue weighted by Crippen LogP contribution is -2.29. The van der Waals surface area contributed by atoms with Crippen molar-refractivity contribution in [3.8, 4) is 0 Å². The third kappa shape index (κ3) is 11.2. The molecule has 0 saturated heterocycles. The number of aliphatic hydroxyl groups is 1. The highest BCUT2D eigenvalue weighted by atomic mass is 16.3. The van der Waals surface area contributed by atoms with Gasteiger partial charge in [0.15, 0.2) is 0 Å². The first-order valence-corrected chi connectivity index (χ1v) is 18.1. The molecule has 0 spiro atoms. The third-order valence-corrected chi connectivity index (χ3v) is 9.23. The van der Waals surface area contributed by atoms with E-state index in [2.05, 4.69) is 96.2 Å². The molecular formula is C41H59N7O3. The van der Waals surface area contributed by atoms with Gasteiger partial charge < -0.3 is 30.9 Å². The molecule has 3 rings (SSSR count). The molecular weight excluding hydrogens is 638 g/mol. The quantitative estimate of drug-likeness (QED) is 0.0962. The molecule has 0 bridgehead atoms. The molecule has 1 atom stereocenters. The maximum atomic E-state index is 13.5. The Balaban J connectivity index is 2.19. The van der Waals surface area contributed by atoms with Gasteiger partial charge in [-0.25, -0.2) is 9.97 Å². The van der Waals surface area contributed by atoms with Crippen molar-refractivity contribution in [2.75, 3.05) is 62.9 Å². The van der Waals surface area contributed by atoms with Crippen LogP contribution in [0.15, 0.2) is 55.3 Å². The van der Waals surface area contributed by atoms with E-state index in [1.165, 1.54) is 17.8 Å². The molecule has 3 aromatic rings. The Morgan fingerprint density at radius 1 is 1.06 bits per heavy atom. The normalized spacial score (nSPS) is 12.2. The number of benzene rings is 2. The zero-order valence-electron chi connectivity index (χ0n) is 32.2. The van der Waals surface area contributed by atoms with Crippen LogP contribution < -0.4 is 20.9 Å². The fraction of sp³-hybridized carbons (Fsp3) is 0.463. The lowest BCUT2D eigenvalue weighted by atomic mass is 9.90. The van der Waals surface area contributed by atoms with Crippen molar-refractivity contribution in [2.45, 2.75) is 73.1 Å². The van der Waals surface area contributed by atoms with Gasteiger partial charge >= 0.3 is 0 Å². The number of amides is 2. The summed E-state index contributed by atoms with van der Waals surface area (Å²) in [4.78, 5) is 39.9. The number of nitrogens with one attached hydrogen (secondary N) is 3. The molecule has 1 heterocycles. The maximum absolute atomic E-state index is 13.5. The summed E-state index contributed by atoms with van der Waals surface area (Å²) in [7, 11) is 6.09. The molecule has 276 valence electrons. The van der Waals surface area contributed by atoms with Crippen LogP contribution in [0.1, 0.15) is 98.1 Å². The fourth-order valence-electron chi connectivity index (χ4n) is 5.98. The standard InChI is InChI=1S/C41H59N7O3/c1-11-28(6)33-24-37(48(10)22-21-47(8)9)36(44-38(50)13-3)25-35(33)45-41-43-26-34(40(51)42-20-23-49)39(46-41)31(12-2)32-19-15-18-30(29(32)7)17-14-16-27(4)5/h12-13,15,18-19,24-28,49H,3,11,14,16-17,20-23H2,1-2,4-10H3,(H,42,51)(H,44,50)(H,43,45,46)/b31-12+. The lowest BCUT2D eigenvalue weighted by Gasteiger charge is -2.27. The number of rotatable bonds is 19. The van der Waals surface area contributed by atoms with E-state index in [4.69, 9.17) is 4.98 Å². The van der Waals surface area contributed by atoms with Gasteiger partial charge in [-0.15, -0.1) is 0 Å². The van der Waals surface area contributed by atoms with Crippen LogP contribution in [0.25, 0.3) is 5.57 Å². The molecule has 10 heteroatoms. The Morgan fingerprint density at radius 3 is 2.43 bits per heavy atom. The smallest absolute Gasteiger partial charge is 0.255 e. The number of likely N-dealkylation sites (N-methyl/N-ethyl adjacent to an activating group) is 2. The minimum absolute atomic E-state index is 0.112. The molecule has 0 saturated carbocycles. The van der Waals surface area contributed by atoms with Gasteiger partial charge in [0.1, 0.15) is 0 Å². The second kappa shape index (κ2) is 19.7. The van der Waals surface area contributed by atoms with Crippen molar-refractivity contribution >= 4 is 40.4 Å². The number of hydrogen-bond donors (Lipinski definition) is 4. The van der Waals surface area contributed by atoms with Gasteiger partial charge in [-0.2, -0.15) is 0 Å². The van der Waals surface area contributed by atoms with Crippen molar-refractivity contribution in [1.82, 2.24) is 20.2 Å². The summed E-state index contributed by atoms with van der Waals surface area (Å²) in [5.74, 6) is 0.453. The van der Waals surface area contributed by atoms with Gasteiger partial charge in [0.25, 0.3) is 5.91 Å². The molecule has 51 heavy (non-hydrogen) atoms. The maximum Gasteiger partial charge on any atom is 0.255 e. The van der Waals surface area contributed by atoms with Gasteiger partial charge in [-0.3, -0.25) is 9.59 Å². The molecule has 1 aromatic heterocycles. The highest BCUT2D eigenvalue weighted by Gasteiger charge is 2.23. The van der Waals surface area contributed by atoms with Crippen molar-refractivity contribution < 1.29 is 14.7 Å². The summed E-state index contributed by atoms with van der Waals surface area (Å²) in [5, 5.41) is 18.7. The number of carbonyl (C=O) groups excluding carboxylic acids is 2. The van der Waals surface area contributed by atoms with E-state index in [1.54, 1.807) is 0 Å². The molecule has 0 aliphatic rings. The minimum Gasteiger partial charge on any atom is -0.395 e. The number of allylic oxidation sites excluding steroid dienone is 1. The highest BCUT2D eigenvalue weighted by Crippen LogP contribution is 2.38. The van der Waals surface area contributed by atoms with E-state index in [0.717, 1.165) is 72.4 Å². The first kappa shape index (κ1) is 40.9. The summed E-state index contributed by atoms with van der Waals surface area (Å²) in [6, 6.07) is 10.4. The summed E-state index contributed by atoms with van der Waals surface area (Å²) < 4.78 is 0. The number of aromatic nitrogens is 2. The minimum atomic E-state index is -0.365. The van der Waals surface area contributed by atoms with Crippen LogP contribution in [0.3, 0.4) is 0 Å². The van der Waals surface area contributed by atoms with Gasteiger partial charge in [-0.1, -0.05) is 65.0 Å². The zero-order valence-corrected chi connectivity index (χ0v) is 32.2. The number of anilines is 4. The molecule has 0 fully saturated rings. The Bertz CT molecular complexity index is 1680. The summed E-state index contributed by atoms with van der Waals surface area (Å²) >= 11 is 0. The average Bonchev–Trinajstić information content (AvgIpc) is 3.10. The number of nitrogens with zero attached hydrogens (tertiary/aromatic N) is 4. The van der Waals surface area contributed by atoms with Gasteiger partial charge in [-0.05, 0) is 99.5 Å². The van der Waals surface area contributed by atoms with Gasteiger partial charge in [0, 0.05) is 44.1 Å². The van der Waals surface area contributed by atoms with Crippen molar-refractivity contribution in [2.24, 2.45) is 5.92 Å². The highest BCUT2D eigenvalue weighted by molar-refractivity contribution is 6.02. The predicted octanol–water partition coefficient (Wildman–Crippen LogP) is 7.32. The Labute approximate surface area is 305 Å². The second-order valence-corrected chi connectivity index (χ2v) is 13.8. The summed E-state index contributed by atoms with van der Waals surface area (Å²) in [6.45, 7) is 18.1. The van der Waals surface area contributed by atoms with Crippen molar-refractivity contribution in [1.29, 1.82) is 0 Å². The molecule has 0 aliphatic heterocycles. The monoisotopic (exact) mass is 697 g/mol. The van der Waals surface area contributed by atoms with E-state index < -0.39 is 0 Å². The molecule has 10 nitrogen and oxygen atoms in total. The van der Waals surface area contributed by atoms with Crippen molar-refractivity contribution in [3.05, 3.63) is 88.8 Å². The number of aliphatic hydroxyl groups excluding tert-OH is 1. The van der Waals surface area contributed by atoms with E-state index in [0.29, 0.717) is 28.8 Å². The molecule has 1 unspecified atom stereocenters. The van der Waals surface area contributed by atoms with Crippen LogP contribution in [0, 0.1) is 12.8 Å². The average molecular weight is 698 g/mol. The fourth-order valence-corrected chi connectivity index (χ4v) is 5.98. The largest absolute Gasteiger partial charge is 0.395 e. The van der Waals surface area contributed by atoms with Crippen LogP contribution in [0.5, 0.6) is 0 Å². The van der Waals surface area contributed by atoms with E-state index in [9.17, 15) is 14.7 Å². The Kier molecular flexibility index (Phi) is 15.8. The summed E-state index contributed by atoms with van der Waals surface area (Å²) in [6.07, 6.45) is 8.90. The van der Waals surface area contributed by atoms with Gasteiger partial charge in [0.05, 0.1) is 29.2 Å². The first-order chi connectivity index (χ1) is 24.3. The topological polar surface area (TPSA) is 123 Å². The second-order valence-electron chi connectivity index (χ2n) is 13.8. The third-order valence-electron chi connectivity index (χ3n) is 9.23. The number of aryl methyl sites for hydroxylation is 1. The Hall–Kier alpha value is -4.54. The van der Waals surface area contributed by atoms with E-state index >= 15 is 0 Å². The molecule has 0 aliphatic carbocycles. The van der Waals surface area contributed by atoms with Crippen LogP contribution in [0.4, 0.5) is 23.0 Å². The molecule has 2 amide bonds. The van der Waals surface area contributed by atoms with Crippen molar-refractivity contribution in [3.63, 3.8) is 0 Å². The molecule has 2 aromatic carbocycles. The summed E-state index contributed by atoms with van der Waals surface area (Å²) in [5.41, 5.74) is 8.37. The van der Waals surface area contributed by atoms with Crippen LogP contribution in [-0.4, -0.2) is 79.2 Å². The van der Waals surface area contributed by atoms with Crippen LogP contribution >= 0.6 is 0 Å². The molecule has 0 radical (unpaired) electrons. The lowest BCUT2D eigenvalue weighted by molar-refractivity contribution is -0.111. The Morgan fingerprint density at radius 2 is 1.80 bits per heavy atom. The van der Waals surface area contributed by atoms with E-state index in [-0.39, 0.29) is 30.9 Å². The SMILES string of the molecule is C=CC(=O)Nc1cc(Nc2ncc(C(=O)NCCO)c(/C(=C/C)c3cccc(CCCC(C)C)c3C)n2)c(C(C)CC)cc1N(C)CCN(C)C. The number of carbonyl (C=O) groups is 2. The van der Waals surface area contributed by atoms with E-state index in [1.807, 2.05) is 40.2 Å².